The lowest BCUT2D eigenvalue weighted by atomic mass is 10.2. The highest BCUT2D eigenvalue weighted by molar-refractivity contribution is 4.45. The zero-order chi connectivity index (χ0) is 5.70. The number of hydrogen-bond donors (Lipinski definition) is 0. The van der Waals surface area contributed by atoms with E-state index in [4.69, 9.17) is 11.3 Å². The summed E-state index contributed by atoms with van der Waals surface area (Å²) in [6, 6.07) is 0. The van der Waals surface area contributed by atoms with Gasteiger partial charge in [-0.25, -0.2) is 0 Å². The minimum atomic E-state index is 0.569. The molecule has 0 atom stereocenters. The Bertz CT molecular complexity index is 48.1. The molecule has 0 aromatic carbocycles. The maximum Gasteiger partial charge on any atom is 0.0896 e. The lowest BCUT2D eigenvalue weighted by Gasteiger charge is -2.00. The molecule has 0 aliphatic carbocycles. The van der Waals surface area contributed by atoms with Gasteiger partial charge in [0.15, 0.2) is 0 Å². The Kier molecular flexibility index (Phi) is 3.48. The fourth-order valence-corrected chi connectivity index (χ4v) is 0.248. The zero-order valence-corrected chi connectivity index (χ0v) is 4.85. The van der Waals surface area contributed by atoms with E-state index in [0.717, 1.165) is 6.61 Å². The minimum Gasteiger partial charge on any atom is -0.501 e. The van der Waals surface area contributed by atoms with Gasteiger partial charge in [-0.2, -0.15) is 0 Å². The predicted octanol–water partition coefficient (Wildman–Crippen LogP) is 1.61. The number of rotatable bonds is 3. The average molecular weight is 99.2 g/mol. The summed E-state index contributed by atoms with van der Waals surface area (Å²) in [5, 5.41) is 0. The third-order valence-corrected chi connectivity index (χ3v) is 0.526. The summed E-state index contributed by atoms with van der Waals surface area (Å²) in [5.74, 6) is 0.569. The first kappa shape index (κ1) is 6.54. The lowest BCUT2D eigenvalue weighted by molar-refractivity contribution is 0.212. The summed E-state index contributed by atoms with van der Waals surface area (Å²) in [7, 11) is 0. The van der Waals surface area contributed by atoms with E-state index in [9.17, 15) is 0 Å². The molecule has 1 heteroatoms. The first-order valence-electron chi connectivity index (χ1n) is 2.42. The highest BCUT2D eigenvalue weighted by Gasteiger charge is 1.87. The van der Waals surface area contributed by atoms with Crippen LogP contribution in [-0.2, 0) is 4.74 Å². The Morgan fingerprint density at radius 2 is 2.29 bits per heavy atom. The third-order valence-electron chi connectivity index (χ3n) is 0.526. The van der Waals surface area contributed by atoms with Crippen molar-refractivity contribution >= 4 is 0 Å². The Labute approximate surface area is 45.0 Å². The van der Waals surface area contributed by atoms with Crippen LogP contribution < -0.4 is 0 Å². The van der Waals surface area contributed by atoms with Crippen molar-refractivity contribution < 1.29 is 4.74 Å². The first-order chi connectivity index (χ1) is 3.27. The van der Waals surface area contributed by atoms with Crippen LogP contribution in [0, 0.1) is 12.5 Å². The van der Waals surface area contributed by atoms with Gasteiger partial charge in [-0.1, -0.05) is 13.8 Å². The molecule has 0 heterocycles. The Morgan fingerprint density at radius 3 is 2.43 bits per heavy atom. The van der Waals surface area contributed by atoms with Gasteiger partial charge in [-0.05, 0) is 12.5 Å². The summed E-state index contributed by atoms with van der Waals surface area (Å²) in [6.45, 7) is 9.79. The average Bonchev–Trinajstić information content (AvgIpc) is 1.61. The number of ether oxygens (including phenoxy) is 1. The molecule has 0 saturated carbocycles. The normalized spacial score (nSPS) is 9.00. The second-order valence-corrected chi connectivity index (χ2v) is 1.86. The topological polar surface area (TPSA) is 9.23 Å². The van der Waals surface area contributed by atoms with Crippen LogP contribution in [0.4, 0.5) is 0 Å². The second-order valence-electron chi connectivity index (χ2n) is 1.86. The van der Waals surface area contributed by atoms with Gasteiger partial charge in [0, 0.05) is 0 Å². The van der Waals surface area contributed by atoms with Gasteiger partial charge in [0.2, 0.25) is 0 Å². The maximum atomic E-state index is 4.93. The Balaban J connectivity index is 2.81. The molecule has 1 nitrogen and oxygen atoms in total. The molecule has 0 N–H and O–H groups in total. The highest BCUT2D eigenvalue weighted by Crippen LogP contribution is 1.90. The fraction of sp³-hybridized carbons (Fsp3) is 0.667. The molecule has 1 radical (unpaired) electrons. The molecule has 0 amide bonds. The van der Waals surface area contributed by atoms with Crippen LogP contribution in [0.1, 0.15) is 13.8 Å². The van der Waals surface area contributed by atoms with Crippen LogP contribution in [0.3, 0.4) is 0 Å². The van der Waals surface area contributed by atoms with Crippen LogP contribution in [0.2, 0.25) is 0 Å². The molecule has 0 saturated heterocycles. The standard InChI is InChI=1S/C6H11O/c1-4-7-5-6(2)3/h1,4,6H,5H2,2-3H3. The van der Waals surface area contributed by atoms with Crippen molar-refractivity contribution in [2.24, 2.45) is 5.92 Å². The smallest absolute Gasteiger partial charge is 0.0896 e. The van der Waals surface area contributed by atoms with Crippen molar-refractivity contribution in [1.29, 1.82) is 0 Å². The first-order valence-corrected chi connectivity index (χ1v) is 2.42. The monoisotopic (exact) mass is 99.1 g/mol. The van der Waals surface area contributed by atoms with Gasteiger partial charge < -0.3 is 4.74 Å². The van der Waals surface area contributed by atoms with E-state index >= 15 is 0 Å². The van der Waals surface area contributed by atoms with Crippen LogP contribution in [-0.4, -0.2) is 6.61 Å². The third kappa shape index (κ3) is 5.54. The molecule has 0 aromatic heterocycles. The fourth-order valence-electron chi connectivity index (χ4n) is 0.248. The van der Waals surface area contributed by atoms with E-state index in [0.29, 0.717) is 5.92 Å². The quantitative estimate of drug-likeness (QED) is 0.488. The summed E-state index contributed by atoms with van der Waals surface area (Å²) >= 11 is 0. The Morgan fingerprint density at radius 1 is 1.71 bits per heavy atom. The van der Waals surface area contributed by atoms with Crippen molar-refractivity contribution in [3.8, 4) is 0 Å². The van der Waals surface area contributed by atoms with Gasteiger partial charge in [-0.3, -0.25) is 0 Å². The van der Waals surface area contributed by atoms with Crippen molar-refractivity contribution in [3.63, 3.8) is 0 Å². The van der Waals surface area contributed by atoms with Crippen molar-refractivity contribution in [2.45, 2.75) is 13.8 Å². The maximum absolute atomic E-state index is 4.93. The zero-order valence-electron chi connectivity index (χ0n) is 4.85. The highest BCUT2D eigenvalue weighted by atomic mass is 16.5. The van der Waals surface area contributed by atoms with Gasteiger partial charge in [0.25, 0.3) is 0 Å². The number of hydrogen-bond acceptors (Lipinski definition) is 1. The predicted molar refractivity (Wildman–Crippen MR) is 29.7 cm³/mol. The summed E-state index contributed by atoms with van der Waals surface area (Å²) in [6.07, 6.45) is 1.22. The molecule has 7 heavy (non-hydrogen) atoms. The minimum absolute atomic E-state index is 0.569. The van der Waals surface area contributed by atoms with E-state index in [-0.39, 0.29) is 0 Å². The summed E-state index contributed by atoms with van der Waals surface area (Å²) < 4.78 is 4.75. The molecule has 0 fully saturated rings. The van der Waals surface area contributed by atoms with E-state index < -0.39 is 0 Å². The van der Waals surface area contributed by atoms with Gasteiger partial charge in [0.1, 0.15) is 0 Å². The van der Waals surface area contributed by atoms with Crippen molar-refractivity contribution in [2.75, 3.05) is 6.61 Å². The van der Waals surface area contributed by atoms with Gasteiger partial charge >= 0.3 is 0 Å². The molecule has 0 aliphatic heterocycles. The van der Waals surface area contributed by atoms with E-state index in [1.807, 2.05) is 0 Å². The molecular weight excluding hydrogens is 88.1 g/mol. The van der Waals surface area contributed by atoms with E-state index in [1.165, 1.54) is 6.26 Å². The molecular formula is C6H11O. The van der Waals surface area contributed by atoms with Crippen LogP contribution >= 0.6 is 0 Å². The summed E-state index contributed by atoms with van der Waals surface area (Å²) in [5.41, 5.74) is 0. The molecule has 0 rings (SSSR count). The molecule has 0 spiro atoms. The van der Waals surface area contributed by atoms with Gasteiger partial charge in [-0.15, -0.1) is 0 Å². The molecule has 0 aliphatic rings. The van der Waals surface area contributed by atoms with Crippen LogP contribution in [0.5, 0.6) is 0 Å². The van der Waals surface area contributed by atoms with Crippen LogP contribution in [0.25, 0.3) is 0 Å². The van der Waals surface area contributed by atoms with Crippen molar-refractivity contribution in [3.05, 3.63) is 12.8 Å². The largest absolute Gasteiger partial charge is 0.501 e. The SMILES string of the molecule is [CH]=COCC(C)C. The summed E-state index contributed by atoms with van der Waals surface area (Å²) in [4.78, 5) is 0. The molecule has 0 bridgehead atoms. The molecule has 0 unspecified atom stereocenters. The molecule has 0 aromatic rings. The van der Waals surface area contributed by atoms with Gasteiger partial charge in [0.05, 0.1) is 12.9 Å². The second kappa shape index (κ2) is 3.72. The van der Waals surface area contributed by atoms with E-state index in [2.05, 4.69) is 13.8 Å². The van der Waals surface area contributed by atoms with Crippen molar-refractivity contribution in [1.82, 2.24) is 0 Å². The van der Waals surface area contributed by atoms with E-state index in [1.54, 1.807) is 0 Å². The van der Waals surface area contributed by atoms with Crippen LogP contribution in [0.15, 0.2) is 6.26 Å². The Hall–Kier alpha value is -0.460. The molecule has 41 valence electrons. The lowest BCUT2D eigenvalue weighted by Crippen LogP contribution is -1.95.